The molecule has 35 heavy (non-hydrogen) atoms. The van der Waals surface area contributed by atoms with Gasteiger partial charge in [-0.3, -0.25) is 0 Å². The molecule has 0 aromatic heterocycles. The van der Waals surface area contributed by atoms with Crippen LogP contribution in [-0.2, 0) is 11.2 Å². The van der Waals surface area contributed by atoms with Crippen LogP contribution >= 0.6 is 0 Å². The van der Waals surface area contributed by atoms with Gasteiger partial charge in [-0.05, 0) is 41.8 Å². The summed E-state index contributed by atoms with van der Waals surface area (Å²) in [5.74, 6) is -10.3. The van der Waals surface area contributed by atoms with Gasteiger partial charge < -0.3 is 9.47 Å². The SMILES string of the molecule is CCCc1cc2ccc(C3CCC(C(F)(F)Oc4cc(F)c(F)c(F)c4)OC3)c(F)c2c(F)c1F. The number of ether oxygens (including phenoxy) is 2. The number of hydrogen-bond donors (Lipinski definition) is 0. The number of rotatable bonds is 6. The lowest BCUT2D eigenvalue weighted by Crippen LogP contribution is -2.44. The Bertz CT molecular complexity index is 1230. The molecule has 4 rings (SSSR count). The molecule has 2 unspecified atom stereocenters. The van der Waals surface area contributed by atoms with Gasteiger partial charge in [-0.1, -0.05) is 25.5 Å². The van der Waals surface area contributed by atoms with Crippen LogP contribution in [0.15, 0.2) is 30.3 Å². The van der Waals surface area contributed by atoms with E-state index < -0.39 is 70.8 Å². The first-order valence-electron chi connectivity index (χ1n) is 10.9. The van der Waals surface area contributed by atoms with Crippen LogP contribution in [0.5, 0.6) is 5.75 Å². The number of benzene rings is 3. The zero-order valence-electron chi connectivity index (χ0n) is 18.4. The quantitative estimate of drug-likeness (QED) is 0.255. The summed E-state index contributed by atoms with van der Waals surface area (Å²) in [7, 11) is 0. The van der Waals surface area contributed by atoms with Crippen molar-refractivity contribution in [3.63, 3.8) is 0 Å². The van der Waals surface area contributed by atoms with Crippen molar-refractivity contribution in [2.24, 2.45) is 0 Å². The Kier molecular flexibility index (Phi) is 6.95. The molecule has 2 nitrogen and oxygen atoms in total. The van der Waals surface area contributed by atoms with Gasteiger partial charge in [-0.2, -0.15) is 8.78 Å². The molecule has 2 atom stereocenters. The topological polar surface area (TPSA) is 18.5 Å². The highest BCUT2D eigenvalue weighted by Crippen LogP contribution is 2.39. The van der Waals surface area contributed by atoms with Crippen LogP contribution in [0, 0.1) is 34.9 Å². The van der Waals surface area contributed by atoms with Gasteiger partial charge in [0.25, 0.3) is 0 Å². The van der Waals surface area contributed by atoms with E-state index in [4.69, 9.17) is 4.74 Å². The summed E-state index contributed by atoms with van der Waals surface area (Å²) in [6.45, 7) is 1.41. The Morgan fingerprint density at radius 2 is 1.57 bits per heavy atom. The highest BCUT2D eigenvalue weighted by molar-refractivity contribution is 5.85. The van der Waals surface area contributed by atoms with Gasteiger partial charge in [0.15, 0.2) is 35.2 Å². The maximum Gasteiger partial charge on any atom is 0.424 e. The van der Waals surface area contributed by atoms with Crippen LogP contribution in [0.4, 0.5) is 35.1 Å². The van der Waals surface area contributed by atoms with Gasteiger partial charge >= 0.3 is 6.11 Å². The van der Waals surface area contributed by atoms with Crippen LogP contribution in [0.1, 0.15) is 43.2 Å². The fraction of sp³-hybridized carbons (Fsp3) is 0.360. The third-order valence-corrected chi connectivity index (χ3v) is 6.05. The minimum absolute atomic E-state index is 0.00981. The van der Waals surface area contributed by atoms with Crippen molar-refractivity contribution in [3.8, 4) is 5.75 Å². The summed E-state index contributed by atoms with van der Waals surface area (Å²) in [5.41, 5.74) is 0.126. The van der Waals surface area contributed by atoms with Gasteiger partial charge in [0.1, 0.15) is 11.6 Å². The van der Waals surface area contributed by atoms with E-state index in [2.05, 4.69) is 4.74 Å². The van der Waals surface area contributed by atoms with Gasteiger partial charge in [0, 0.05) is 18.1 Å². The summed E-state index contributed by atoms with van der Waals surface area (Å²) in [6.07, 6.45) is -5.38. The van der Waals surface area contributed by atoms with Crippen molar-refractivity contribution in [2.45, 2.75) is 50.7 Å². The minimum Gasteiger partial charge on any atom is -0.430 e. The van der Waals surface area contributed by atoms with E-state index in [1.165, 1.54) is 18.2 Å². The standard InChI is InChI=1S/C25H20F8O2/c1-2-3-13-8-12-4-6-16(22(29)20(12)24(31)21(13)28)14-5-7-19(34-11-14)25(32,33)35-15-9-17(26)23(30)18(27)10-15/h4,6,8-10,14,19H,2-3,5,7,11H2,1H3. The first-order valence-corrected chi connectivity index (χ1v) is 10.9. The molecule has 188 valence electrons. The molecule has 0 N–H and O–H groups in total. The monoisotopic (exact) mass is 504 g/mol. The van der Waals surface area contributed by atoms with Gasteiger partial charge in [0.05, 0.1) is 12.0 Å². The molecule has 1 aliphatic heterocycles. The van der Waals surface area contributed by atoms with Crippen molar-refractivity contribution in [1.82, 2.24) is 0 Å². The van der Waals surface area contributed by atoms with Gasteiger partial charge in [0.2, 0.25) is 0 Å². The van der Waals surface area contributed by atoms with E-state index in [-0.39, 0.29) is 47.9 Å². The number of hydrogen-bond acceptors (Lipinski definition) is 2. The summed E-state index contributed by atoms with van der Waals surface area (Å²) in [5, 5.41) is -0.335. The highest BCUT2D eigenvalue weighted by atomic mass is 19.3. The fourth-order valence-corrected chi connectivity index (χ4v) is 4.29. The van der Waals surface area contributed by atoms with Crippen LogP contribution in [-0.4, -0.2) is 18.8 Å². The molecular weight excluding hydrogens is 484 g/mol. The summed E-state index contributed by atoms with van der Waals surface area (Å²) < 4.78 is 122. The molecule has 10 heteroatoms. The van der Waals surface area contributed by atoms with E-state index in [1.807, 2.05) is 0 Å². The van der Waals surface area contributed by atoms with Gasteiger partial charge in [-0.25, -0.2) is 26.3 Å². The summed E-state index contributed by atoms with van der Waals surface area (Å²) >= 11 is 0. The average Bonchev–Trinajstić information content (AvgIpc) is 2.81. The third kappa shape index (κ3) is 4.80. The molecule has 0 spiro atoms. The number of alkyl halides is 2. The second-order valence-electron chi connectivity index (χ2n) is 8.44. The molecule has 3 aromatic rings. The second-order valence-corrected chi connectivity index (χ2v) is 8.44. The Morgan fingerprint density at radius 1 is 0.886 bits per heavy atom. The van der Waals surface area contributed by atoms with E-state index in [0.29, 0.717) is 6.42 Å². The van der Waals surface area contributed by atoms with Crippen LogP contribution < -0.4 is 4.74 Å². The molecule has 1 heterocycles. The second kappa shape index (κ2) is 9.64. The zero-order chi connectivity index (χ0) is 25.5. The zero-order valence-corrected chi connectivity index (χ0v) is 18.4. The first kappa shape index (κ1) is 25.2. The van der Waals surface area contributed by atoms with Crippen molar-refractivity contribution in [1.29, 1.82) is 0 Å². The normalized spacial score (nSPS) is 18.8. The Labute approximate surface area is 195 Å². The van der Waals surface area contributed by atoms with Crippen molar-refractivity contribution < 1.29 is 44.6 Å². The maximum atomic E-state index is 15.2. The summed E-state index contributed by atoms with van der Waals surface area (Å²) in [6, 6.07) is 4.77. The predicted molar refractivity (Wildman–Crippen MR) is 111 cm³/mol. The summed E-state index contributed by atoms with van der Waals surface area (Å²) in [4.78, 5) is 0. The molecular formula is C25H20F8O2. The van der Waals surface area contributed by atoms with E-state index >= 15 is 4.39 Å². The maximum absolute atomic E-state index is 15.2. The Morgan fingerprint density at radius 3 is 2.17 bits per heavy atom. The average molecular weight is 504 g/mol. The lowest BCUT2D eigenvalue weighted by atomic mass is 9.88. The third-order valence-electron chi connectivity index (χ3n) is 6.05. The first-order chi connectivity index (χ1) is 16.5. The molecule has 1 saturated heterocycles. The lowest BCUT2D eigenvalue weighted by Gasteiger charge is -2.33. The molecule has 3 aromatic carbocycles. The predicted octanol–water partition coefficient (Wildman–Crippen LogP) is 7.56. The molecule has 1 fully saturated rings. The van der Waals surface area contributed by atoms with Crippen molar-refractivity contribution in [3.05, 3.63) is 76.4 Å². The van der Waals surface area contributed by atoms with Crippen LogP contribution in [0.3, 0.4) is 0 Å². The molecule has 0 bridgehead atoms. The Hall–Kier alpha value is -2.88. The van der Waals surface area contributed by atoms with Crippen molar-refractivity contribution >= 4 is 10.8 Å². The molecule has 1 aliphatic rings. The molecule has 0 aliphatic carbocycles. The number of halogens is 8. The number of aryl methyl sites for hydroxylation is 1. The fourth-order valence-electron chi connectivity index (χ4n) is 4.29. The van der Waals surface area contributed by atoms with E-state index in [1.54, 1.807) is 6.92 Å². The molecule has 0 amide bonds. The molecule has 0 radical (unpaired) electrons. The smallest absolute Gasteiger partial charge is 0.424 e. The van der Waals surface area contributed by atoms with Crippen LogP contribution in [0.25, 0.3) is 10.8 Å². The van der Waals surface area contributed by atoms with E-state index in [9.17, 15) is 30.7 Å². The van der Waals surface area contributed by atoms with Gasteiger partial charge in [-0.15, -0.1) is 0 Å². The minimum atomic E-state index is -4.03. The van der Waals surface area contributed by atoms with E-state index in [0.717, 1.165) is 0 Å². The molecule has 0 saturated carbocycles. The van der Waals surface area contributed by atoms with Crippen molar-refractivity contribution in [2.75, 3.05) is 6.61 Å². The highest BCUT2D eigenvalue weighted by Gasteiger charge is 2.46. The largest absolute Gasteiger partial charge is 0.430 e. The van der Waals surface area contributed by atoms with Crippen LogP contribution in [0.2, 0.25) is 0 Å². The number of fused-ring (bicyclic) bond motifs is 1. The Balaban J connectivity index is 1.52. The lowest BCUT2D eigenvalue weighted by molar-refractivity contribution is -0.262.